The van der Waals surface area contributed by atoms with E-state index in [0.29, 0.717) is 11.4 Å². The van der Waals surface area contributed by atoms with Gasteiger partial charge in [0.2, 0.25) is 5.79 Å². The molecule has 0 amide bonds. The summed E-state index contributed by atoms with van der Waals surface area (Å²) in [5, 5.41) is 10.7. The number of nitrogens with zero attached hydrogens (tertiary/aromatic N) is 1. The lowest BCUT2D eigenvalue weighted by atomic mass is 10.1. The number of nitrogens with two attached hydrogens (primary N) is 1. The van der Waals surface area contributed by atoms with E-state index < -0.39 is 17.5 Å². The van der Waals surface area contributed by atoms with Gasteiger partial charge in [-0.3, -0.25) is 16.6 Å². The Hall–Kier alpha value is -2.48. The van der Waals surface area contributed by atoms with E-state index in [0.717, 1.165) is 12.1 Å². The molecule has 2 aromatic rings. The summed E-state index contributed by atoms with van der Waals surface area (Å²) in [7, 11) is 0. The fraction of sp³-hybridized carbons (Fsp3) is 0.154. The minimum atomic E-state index is -4.39. The van der Waals surface area contributed by atoms with E-state index in [1.54, 1.807) is 18.2 Å². The Bertz CT molecular complexity index is 735. The van der Waals surface area contributed by atoms with Crippen LogP contribution in [0.3, 0.4) is 0 Å². The number of fused-ring (bicyclic) bond motifs is 1. The molecule has 110 valence electrons. The van der Waals surface area contributed by atoms with Crippen LogP contribution in [-0.2, 0) is 12.0 Å². The van der Waals surface area contributed by atoms with Crippen LogP contribution < -0.4 is 22.0 Å². The maximum atomic E-state index is 12.6. The molecule has 0 bridgehead atoms. The quantitative estimate of drug-likeness (QED) is 0.647. The lowest BCUT2D eigenvalue weighted by Gasteiger charge is -2.25. The summed E-state index contributed by atoms with van der Waals surface area (Å²) < 4.78 is 39.1. The SMILES string of the molecule is N=c1cccc2n1NC(N)(c1ccc(C(F)(F)F)cc1)N2. The minimum absolute atomic E-state index is 0.180. The zero-order chi connectivity index (χ0) is 15.3. The highest BCUT2D eigenvalue weighted by Gasteiger charge is 2.36. The molecule has 0 spiro atoms. The maximum Gasteiger partial charge on any atom is 0.416 e. The molecule has 1 atom stereocenters. The third-order valence-electron chi connectivity index (χ3n) is 3.27. The van der Waals surface area contributed by atoms with Gasteiger partial charge in [-0.15, -0.1) is 0 Å². The molecule has 1 aliphatic heterocycles. The lowest BCUT2D eigenvalue weighted by molar-refractivity contribution is -0.137. The van der Waals surface area contributed by atoms with Crippen LogP contribution in [0.2, 0.25) is 0 Å². The summed E-state index contributed by atoms with van der Waals surface area (Å²) in [5.74, 6) is -0.709. The average Bonchev–Trinajstić information content (AvgIpc) is 2.78. The molecule has 1 unspecified atom stereocenters. The Morgan fingerprint density at radius 2 is 1.76 bits per heavy atom. The number of hydrogen-bond donors (Lipinski definition) is 4. The van der Waals surface area contributed by atoms with Crippen LogP contribution in [0.1, 0.15) is 11.1 Å². The van der Waals surface area contributed by atoms with Crippen molar-refractivity contribution in [1.29, 1.82) is 5.41 Å². The predicted molar refractivity (Wildman–Crippen MR) is 70.6 cm³/mol. The zero-order valence-corrected chi connectivity index (χ0v) is 10.7. The standard InChI is InChI=1S/C13H12F3N5/c14-12(15,16)8-4-6-9(7-5-8)13(18)19-11-3-1-2-10(17)21(11)20-13/h1-7,17,19-20H,18H2. The van der Waals surface area contributed by atoms with Crippen LogP contribution in [0.5, 0.6) is 0 Å². The highest BCUT2D eigenvalue weighted by Crippen LogP contribution is 2.31. The predicted octanol–water partition coefficient (Wildman–Crippen LogP) is 1.72. The van der Waals surface area contributed by atoms with Gasteiger partial charge in [0.25, 0.3) is 0 Å². The van der Waals surface area contributed by atoms with Gasteiger partial charge < -0.3 is 5.32 Å². The molecule has 2 heterocycles. The second-order valence-electron chi connectivity index (χ2n) is 4.75. The fourth-order valence-corrected chi connectivity index (χ4v) is 2.19. The van der Waals surface area contributed by atoms with Crippen molar-refractivity contribution in [2.75, 3.05) is 10.7 Å². The van der Waals surface area contributed by atoms with Crippen LogP contribution in [0.15, 0.2) is 42.5 Å². The van der Waals surface area contributed by atoms with Crippen molar-refractivity contribution in [3.05, 3.63) is 59.1 Å². The molecule has 8 heteroatoms. The molecular weight excluding hydrogens is 283 g/mol. The highest BCUT2D eigenvalue weighted by molar-refractivity contribution is 5.49. The van der Waals surface area contributed by atoms with Gasteiger partial charge in [-0.25, -0.2) is 4.68 Å². The Kier molecular flexibility index (Phi) is 2.74. The number of rotatable bonds is 1. The first kappa shape index (κ1) is 13.5. The smallest absolute Gasteiger partial charge is 0.330 e. The van der Waals surface area contributed by atoms with E-state index in [2.05, 4.69) is 10.7 Å². The van der Waals surface area contributed by atoms with Crippen molar-refractivity contribution >= 4 is 5.82 Å². The van der Waals surface area contributed by atoms with Crippen LogP contribution in [0.4, 0.5) is 19.0 Å². The van der Waals surface area contributed by atoms with Crippen LogP contribution in [-0.4, -0.2) is 4.68 Å². The molecule has 3 rings (SSSR count). The van der Waals surface area contributed by atoms with Crippen LogP contribution in [0.25, 0.3) is 0 Å². The Labute approximate surface area is 117 Å². The van der Waals surface area contributed by atoms with Gasteiger partial charge in [-0.1, -0.05) is 18.2 Å². The summed E-state index contributed by atoms with van der Waals surface area (Å²) in [6.07, 6.45) is -4.39. The molecule has 0 radical (unpaired) electrons. The average molecular weight is 295 g/mol. The second-order valence-corrected chi connectivity index (χ2v) is 4.75. The van der Waals surface area contributed by atoms with Gasteiger partial charge in [-0.2, -0.15) is 13.2 Å². The molecule has 21 heavy (non-hydrogen) atoms. The second kappa shape index (κ2) is 4.26. The van der Waals surface area contributed by atoms with Gasteiger partial charge in [-0.05, 0) is 24.3 Å². The first-order valence-electron chi connectivity index (χ1n) is 6.09. The third kappa shape index (κ3) is 2.23. The van der Waals surface area contributed by atoms with Gasteiger partial charge >= 0.3 is 6.18 Å². The first-order chi connectivity index (χ1) is 9.79. The Morgan fingerprint density at radius 3 is 2.33 bits per heavy atom. The van der Waals surface area contributed by atoms with Gasteiger partial charge in [0.1, 0.15) is 11.3 Å². The Balaban J connectivity index is 1.95. The molecule has 1 aromatic heterocycles. The van der Waals surface area contributed by atoms with Crippen molar-refractivity contribution in [3.8, 4) is 0 Å². The number of aromatic nitrogens is 1. The molecule has 1 aromatic carbocycles. The molecule has 0 aliphatic carbocycles. The number of alkyl halides is 3. The van der Waals surface area contributed by atoms with Crippen LogP contribution >= 0.6 is 0 Å². The zero-order valence-electron chi connectivity index (χ0n) is 10.7. The lowest BCUT2D eigenvalue weighted by Crippen LogP contribution is -2.50. The van der Waals surface area contributed by atoms with Gasteiger partial charge in [0, 0.05) is 5.56 Å². The van der Waals surface area contributed by atoms with E-state index in [-0.39, 0.29) is 5.49 Å². The Morgan fingerprint density at radius 1 is 1.10 bits per heavy atom. The van der Waals surface area contributed by atoms with E-state index in [1.807, 2.05) is 0 Å². The fourth-order valence-electron chi connectivity index (χ4n) is 2.19. The molecule has 1 aliphatic rings. The van der Waals surface area contributed by atoms with Crippen molar-refractivity contribution in [1.82, 2.24) is 4.68 Å². The van der Waals surface area contributed by atoms with E-state index in [9.17, 15) is 13.2 Å². The van der Waals surface area contributed by atoms with Gasteiger partial charge in [0.05, 0.1) is 5.56 Å². The molecular formula is C13H12F3N5. The monoisotopic (exact) mass is 295 g/mol. The summed E-state index contributed by atoms with van der Waals surface area (Å²) in [4.78, 5) is 0. The van der Waals surface area contributed by atoms with Crippen molar-refractivity contribution in [2.24, 2.45) is 5.73 Å². The molecule has 5 N–H and O–H groups in total. The number of benzene rings is 1. The molecule has 0 saturated heterocycles. The molecule has 5 nitrogen and oxygen atoms in total. The topological polar surface area (TPSA) is 78.9 Å². The summed E-state index contributed by atoms with van der Waals surface area (Å²) in [6.45, 7) is 0. The van der Waals surface area contributed by atoms with E-state index in [4.69, 9.17) is 11.1 Å². The minimum Gasteiger partial charge on any atom is -0.330 e. The largest absolute Gasteiger partial charge is 0.416 e. The third-order valence-corrected chi connectivity index (χ3v) is 3.27. The van der Waals surface area contributed by atoms with Gasteiger partial charge in [0.15, 0.2) is 0 Å². The summed E-state index contributed by atoms with van der Waals surface area (Å²) in [6, 6.07) is 9.52. The number of pyridine rings is 1. The van der Waals surface area contributed by atoms with Crippen molar-refractivity contribution < 1.29 is 13.2 Å². The molecule has 0 saturated carbocycles. The summed E-state index contributed by atoms with van der Waals surface area (Å²) in [5.41, 5.74) is 8.89. The first-order valence-corrected chi connectivity index (χ1v) is 6.09. The van der Waals surface area contributed by atoms with Crippen molar-refractivity contribution in [3.63, 3.8) is 0 Å². The number of anilines is 1. The van der Waals surface area contributed by atoms with Crippen LogP contribution in [0, 0.1) is 5.41 Å². The number of halogens is 3. The summed E-state index contributed by atoms with van der Waals surface area (Å²) >= 11 is 0. The highest BCUT2D eigenvalue weighted by atomic mass is 19.4. The van der Waals surface area contributed by atoms with E-state index in [1.165, 1.54) is 16.8 Å². The molecule has 0 fully saturated rings. The van der Waals surface area contributed by atoms with Crippen molar-refractivity contribution in [2.45, 2.75) is 12.0 Å². The maximum absolute atomic E-state index is 12.6. The normalized spacial score (nSPS) is 20.6. The number of nitrogens with one attached hydrogen (secondary N) is 3. The van der Waals surface area contributed by atoms with E-state index >= 15 is 0 Å². The number of hydrogen-bond acceptors (Lipinski definition) is 4.